The van der Waals surface area contributed by atoms with Crippen LogP contribution in [0.25, 0.3) is 28.2 Å². The zero-order valence-corrected chi connectivity index (χ0v) is 11.6. The van der Waals surface area contributed by atoms with Gasteiger partial charge in [0.25, 0.3) is 0 Å². The maximum absolute atomic E-state index is 4.78. The highest BCUT2D eigenvalue weighted by molar-refractivity contribution is 5.78. The molecule has 0 aliphatic rings. The van der Waals surface area contributed by atoms with Crippen molar-refractivity contribution in [2.75, 3.05) is 0 Å². The van der Waals surface area contributed by atoms with Gasteiger partial charge in [-0.2, -0.15) is 5.10 Å². The Morgan fingerprint density at radius 1 is 0.857 bits per heavy atom. The molecule has 0 saturated carbocycles. The Bertz CT molecular complexity index is 889. The molecule has 0 amide bonds. The van der Waals surface area contributed by atoms with E-state index in [-0.39, 0.29) is 0 Å². The minimum absolute atomic E-state index is 0.877. The summed E-state index contributed by atoms with van der Waals surface area (Å²) < 4.78 is 3.96. The van der Waals surface area contributed by atoms with E-state index in [1.165, 1.54) is 0 Å². The Labute approximate surface area is 122 Å². The van der Waals surface area contributed by atoms with E-state index < -0.39 is 0 Å². The fourth-order valence-corrected chi connectivity index (χ4v) is 2.57. The molecule has 4 aromatic rings. The first-order chi connectivity index (χ1) is 10.3. The zero-order valence-electron chi connectivity index (χ0n) is 11.6. The lowest BCUT2D eigenvalue weighted by molar-refractivity contribution is 0.889. The van der Waals surface area contributed by atoms with Gasteiger partial charge in [-0.25, -0.2) is 9.67 Å². The number of aromatic nitrogens is 4. The Kier molecular flexibility index (Phi) is 2.60. The number of benzene rings is 2. The molecule has 0 N–H and O–H groups in total. The van der Waals surface area contributed by atoms with E-state index in [9.17, 15) is 0 Å². The van der Waals surface area contributed by atoms with Crippen LogP contribution in [0.2, 0.25) is 0 Å². The lowest BCUT2D eigenvalue weighted by Gasteiger charge is -2.01. The van der Waals surface area contributed by atoms with E-state index in [0.29, 0.717) is 0 Å². The molecule has 2 heterocycles. The summed E-state index contributed by atoms with van der Waals surface area (Å²) in [5.74, 6) is 0.952. The quantitative estimate of drug-likeness (QED) is 0.561. The topological polar surface area (TPSA) is 35.6 Å². The van der Waals surface area contributed by atoms with Gasteiger partial charge in [-0.1, -0.05) is 48.5 Å². The smallest absolute Gasteiger partial charge is 0.181 e. The molecule has 102 valence electrons. The van der Waals surface area contributed by atoms with Crippen molar-refractivity contribution in [3.05, 3.63) is 66.9 Å². The minimum Gasteiger partial charge on any atom is -0.324 e. The van der Waals surface area contributed by atoms with Crippen molar-refractivity contribution in [3.8, 4) is 17.1 Å². The van der Waals surface area contributed by atoms with Gasteiger partial charge in [-0.3, -0.25) is 0 Å². The molecule has 0 atom stereocenters. The van der Waals surface area contributed by atoms with E-state index >= 15 is 0 Å². The molecule has 2 aromatic heterocycles. The van der Waals surface area contributed by atoms with Crippen LogP contribution in [-0.2, 0) is 7.05 Å². The molecule has 0 radical (unpaired) electrons. The van der Waals surface area contributed by atoms with Crippen LogP contribution in [0.1, 0.15) is 0 Å². The van der Waals surface area contributed by atoms with E-state index in [1.807, 2.05) is 66.5 Å². The largest absolute Gasteiger partial charge is 0.324 e. The second kappa shape index (κ2) is 4.59. The van der Waals surface area contributed by atoms with Gasteiger partial charge in [-0.15, -0.1) is 0 Å². The molecule has 4 nitrogen and oxygen atoms in total. The fourth-order valence-electron chi connectivity index (χ4n) is 2.57. The van der Waals surface area contributed by atoms with Gasteiger partial charge < -0.3 is 4.57 Å². The normalized spacial score (nSPS) is 11.1. The lowest BCUT2D eigenvalue weighted by atomic mass is 10.2. The monoisotopic (exact) mass is 274 g/mol. The van der Waals surface area contributed by atoms with E-state index in [4.69, 9.17) is 4.98 Å². The second-order valence-electron chi connectivity index (χ2n) is 4.96. The van der Waals surface area contributed by atoms with Gasteiger partial charge in [0.05, 0.1) is 11.9 Å². The predicted molar refractivity (Wildman–Crippen MR) is 83.3 cm³/mol. The maximum Gasteiger partial charge on any atom is 0.181 e. The Hall–Kier alpha value is -2.88. The second-order valence-corrected chi connectivity index (χ2v) is 4.96. The van der Waals surface area contributed by atoms with Crippen LogP contribution in [0.5, 0.6) is 0 Å². The third-order valence-corrected chi connectivity index (χ3v) is 3.65. The molecular formula is C17H14N4. The van der Waals surface area contributed by atoms with Gasteiger partial charge in [0, 0.05) is 12.6 Å². The number of rotatable bonds is 2. The first kappa shape index (κ1) is 11.9. The average molecular weight is 274 g/mol. The molecule has 0 fully saturated rings. The maximum atomic E-state index is 4.78. The fraction of sp³-hybridized carbons (Fsp3) is 0.0588. The summed E-state index contributed by atoms with van der Waals surface area (Å²) in [6, 6.07) is 20.3. The summed E-state index contributed by atoms with van der Waals surface area (Å²) in [6.07, 6.45) is 1.86. The van der Waals surface area contributed by atoms with Crippen LogP contribution >= 0.6 is 0 Å². The van der Waals surface area contributed by atoms with Gasteiger partial charge >= 0.3 is 0 Å². The number of fused-ring (bicyclic) bond motifs is 1. The summed E-state index contributed by atoms with van der Waals surface area (Å²) in [4.78, 5) is 4.78. The van der Waals surface area contributed by atoms with Crippen molar-refractivity contribution in [2.45, 2.75) is 0 Å². The molecule has 0 saturated heterocycles. The number of aryl methyl sites for hydroxylation is 1. The molecule has 0 unspecified atom stereocenters. The summed E-state index contributed by atoms with van der Waals surface area (Å²) >= 11 is 0. The van der Waals surface area contributed by atoms with Gasteiger partial charge in [0.2, 0.25) is 0 Å². The third kappa shape index (κ3) is 1.84. The first-order valence-corrected chi connectivity index (χ1v) is 6.86. The van der Waals surface area contributed by atoms with Crippen molar-refractivity contribution in [1.29, 1.82) is 0 Å². The average Bonchev–Trinajstić information content (AvgIpc) is 3.10. The van der Waals surface area contributed by atoms with Crippen LogP contribution in [0, 0.1) is 0 Å². The highest BCUT2D eigenvalue weighted by Crippen LogP contribution is 2.24. The van der Waals surface area contributed by atoms with Crippen LogP contribution in [-0.4, -0.2) is 19.3 Å². The Morgan fingerprint density at radius 3 is 2.24 bits per heavy atom. The molecular weight excluding hydrogens is 260 g/mol. The van der Waals surface area contributed by atoms with Gasteiger partial charge in [0.15, 0.2) is 5.65 Å². The van der Waals surface area contributed by atoms with Gasteiger partial charge in [0.1, 0.15) is 11.3 Å². The molecule has 0 aliphatic carbocycles. The zero-order chi connectivity index (χ0) is 14.2. The highest BCUT2D eigenvalue weighted by Gasteiger charge is 2.14. The van der Waals surface area contributed by atoms with Crippen molar-refractivity contribution in [3.63, 3.8) is 0 Å². The van der Waals surface area contributed by atoms with Gasteiger partial charge in [-0.05, 0) is 12.1 Å². The van der Waals surface area contributed by atoms with E-state index in [1.54, 1.807) is 0 Å². The summed E-state index contributed by atoms with van der Waals surface area (Å²) in [5.41, 5.74) is 4.03. The third-order valence-electron chi connectivity index (χ3n) is 3.65. The lowest BCUT2D eigenvalue weighted by Crippen LogP contribution is -1.96. The molecule has 0 bridgehead atoms. The SMILES string of the molecule is Cn1c(-c2ccccc2)nc2c1cnn2-c1ccccc1. The van der Waals surface area contributed by atoms with Crippen LogP contribution < -0.4 is 0 Å². The molecule has 0 spiro atoms. The highest BCUT2D eigenvalue weighted by atomic mass is 15.3. The molecule has 0 aliphatic heterocycles. The van der Waals surface area contributed by atoms with Crippen molar-refractivity contribution >= 4 is 11.2 Å². The molecule has 4 heteroatoms. The summed E-state index contributed by atoms with van der Waals surface area (Å²) in [7, 11) is 2.02. The Morgan fingerprint density at radius 2 is 1.52 bits per heavy atom. The molecule has 21 heavy (non-hydrogen) atoms. The summed E-state index contributed by atoms with van der Waals surface area (Å²) in [5, 5.41) is 4.45. The van der Waals surface area contributed by atoms with Crippen molar-refractivity contribution in [2.24, 2.45) is 7.05 Å². The predicted octanol–water partition coefficient (Wildman–Crippen LogP) is 3.43. The number of nitrogens with zero attached hydrogens (tertiary/aromatic N) is 4. The standard InChI is InChI=1S/C17H14N4/c1-20-15-12-18-21(14-10-6-3-7-11-14)17(15)19-16(20)13-8-4-2-5-9-13/h2-12H,1H3. The Balaban J connectivity index is 1.94. The van der Waals surface area contributed by atoms with Crippen molar-refractivity contribution in [1.82, 2.24) is 19.3 Å². The van der Waals surface area contributed by atoms with Crippen LogP contribution in [0.3, 0.4) is 0 Å². The van der Waals surface area contributed by atoms with E-state index in [2.05, 4.69) is 21.8 Å². The number of hydrogen-bond donors (Lipinski definition) is 0. The van der Waals surface area contributed by atoms with Crippen LogP contribution in [0.4, 0.5) is 0 Å². The van der Waals surface area contributed by atoms with E-state index in [0.717, 1.165) is 28.2 Å². The summed E-state index contributed by atoms with van der Waals surface area (Å²) in [6.45, 7) is 0. The number of para-hydroxylation sites is 1. The minimum atomic E-state index is 0.877. The first-order valence-electron chi connectivity index (χ1n) is 6.86. The molecule has 4 rings (SSSR count). The van der Waals surface area contributed by atoms with Crippen LogP contribution in [0.15, 0.2) is 66.9 Å². The molecule has 2 aromatic carbocycles. The number of hydrogen-bond acceptors (Lipinski definition) is 2. The number of imidazole rings is 1. The van der Waals surface area contributed by atoms with Crippen molar-refractivity contribution < 1.29 is 0 Å².